The summed E-state index contributed by atoms with van der Waals surface area (Å²) < 4.78 is 6.96. The summed E-state index contributed by atoms with van der Waals surface area (Å²) in [5, 5.41) is 31.1. The third kappa shape index (κ3) is 2.55. The van der Waals surface area contributed by atoms with E-state index < -0.39 is 5.60 Å². The smallest absolute Gasteiger partial charge is 0.254 e. The Morgan fingerprint density at radius 1 is 1.19 bits per heavy atom. The molecule has 170 valence electrons. The van der Waals surface area contributed by atoms with Crippen molar-refractivity contribution in [2.45, 2.75) is 78.0 Å². The zero-order chi connectivity index (χ0) is 22.3. The fraction of sp³-hybridized carbons (Fsp3) is 0.720. The lowest BCUT2D eigenvalue weighted by molar-refractivity contribution is -0.210. The number of phenolic OH excluding ortho intramolecular Hbond substituents is 1. The molecule has 2 heterocycles. The number of fused-ring (bicyclic) bond motifs is 5. The van der Waals surface area contributed by atoms with E-state index in [1.807, 2.05) is 0 Å². The van der Waals surface area contributed by atoms with Crippen LogP contribution in [0.5, 0.6) is 11.5 Å². The number of nitrogens with zero attached hydrogens (tertiary/aromatic N) is 1. The molecule has 1 aromatic carbocycles. The zero-order valence-electron chi connectivity index (χ0n) is 19.1. The molecule has 5 atom stereocenters. The molecule has 0 saturated heterocycles. The first-order chi connectivity index (χ1) is 14.6. The van der Waals surface area contributed by atoms with Gasteiger partial charge in [-0.05, 0) is 49.0 Å². The van der Waals surface area contributed by atoms with Crippen LogP contribution in [0.1, 0.15) is 74.9 Å². The largest absolute Gasteiger partial charge is 0.508 e. The molecule has 6 heteroatoms. The fourth-order valence-electron chi connectivity index (χ4n) is 7.63. The molecule has 2 aliphatic carbocycles. The average molecular weight is 430 g/mol. The van der Waals surface area contributed by atoms with Crippen molar-refractivity contribution in [1.82, 2.24) is 4.90 Å². The van der Waals surface area contributed by atoms with E-state index in [-0.39, 0.29) is 41.7 Å². The second kappa shape index (κ2) is 6.61. The van der Waals surface area contributed by atoms with Crippen LogP contribution in [0.2, 0.25) is 0 Å². The van der Waals surface area contributed by atoms with Crippen molar-refractivity contribution in [1.29, 1.82) is 0 Å². The number of hydrogen-bond acceptors (Lipinski definition) is 5. The van der Waals surface area contributed by atoms with Crippen molar-refractivity contribution in [3.63, 3.8) is 0 Å². The van der Waals surface area contributed by atoms with Crippen molar-refractivity contribution >= 4 is 5.91 Å². The molecule has 31 heavy (non-hydrogen) atoms. The van der Waals surface area contributed by atoms with Crippen molar-refractivity contribution in [3.05, 3.63) is 22.8 Å². The molecule has 5 rings (SSSR count). The minimum absolute atomic E-state index is 0.0904. The molecule has 0 aromatic heterocycles. The van der Waals surface area contributed by atoms with Crippen LogP contribution in [0.15, 0.2) is 6.07 Å². The molecule has 2 aliphatic heterocycles. The Kier molecular flexibility index (Phi) is 4.49. The van der Waals surface area contributed by atoms with Crippen LogP contribution in [-0.4, -0.2) is 51.0 Å². The average Bonchev–Trinajstić information content (AvgIpc) is 3.26. The van der Waals surface area contributed by atoms with Gasteiger partial charge in [-0.25, -0.2) is 0 Å². The van der Waals surface area contributed by atoms with E-state index in [1.54, 1.807) is 11.0 Å². The van der Waals surface area contributed by atoms with E-state index in [1.165, 1.54) is 0 Å². The van der Waals surface area contributed by atoms with Gasteiger partial charge in [-0.3, -0.25) is 4.79 Å². The zero-order valence-corrected chi connectivity index (χ0v) is 19.1. The first-order valence-corrected chi connectivity index (χ1v) is 11.7. The highest BCUT2D eigenvalue weighted by Gasteiger charge is 2.67. The Balaban J connectivity index is 1.61. The maximum atomic E-state index is 12.8. The number of aliphatic hydroxyl groups is 2. The topological polar surface area (TPSA) is 90.2 Å². The van der Waals surface area contributed by atoms with Gasteiger partial charge >= 0.3 is 0 Å². The number of carbonyl (C=O) groups excluding carboxylic acids is 1. The molecule has 2 saturated carbocycles. The number of aromatic hydroxyl groups is 1. The summed E-state index contributed by atoms with van der Waals surface area (Å²) in [5.74, 6) is 1.28. The van der Waals surface area contributed by atoms with E-state index >= 15 is 0 Å². The number of amides is 1. The molecule has 1 amide bonds. The van der Waals surface area contributed by atoms with Gasteiger partial charge in [0.25, 0.3) is 5.91 Å². The van der Waals surface area contributed by atoms with E-state index in [0.29, 0.717) is 36.1 Å². The second-order valence-corrected chi connectivity index (χ2v) is 11.2. The van der Waals surface area contributed by atoms with Gasteiger partial charge < -0.3 is 25.0 Å². The summed E-state index contributed by atoms with van der Waals surface area (Å²) in [6, 6.07) is 1.60. The number of benzene rings is 1. The lowest BCUT2D eigenvalue weighted by Crippen LogP contribution is -2.66. The molecule has 0 radical (unpaired) electrons. The van der Waals surface area contributed by atoms with Crippen molar-refractivity contribution in [3.8, 4) is 11.5 Å². The Hall–Kier alpha value is -1.79. The molecule has 1 spiro atoms. The number of ether oxygens (including phenoxy) is 1. The van der Waals surface area contributed by atoms with E-state index in [4.69, 9.17) is 4.74 Å². The van der Waals surface area contributed by atoms with Gasteiger partial charge in [0.2, 0.25) is 0 Å². The monoisotopic (exact) mass is 429 g/mol. The van der Waals surface area contributed by atoms with Gasteiger partial charge in [0.05, 0.1) is 24.8 Å². The Morgan fingerprint density at radius 3 is 2.65 bits per heavy atom. The van der Waals surface area contributed by atoms with Crippen LogP contribution in [0.4, 0.5) is 0 Å². The van der Waals surface area contributed by atoms with Gasteiger partial charge in [-0.1, -0.05) is 27.7 Å². The fourth-order valence-corrected chi connectivity index (χ4v) is 7.63. The number of phenols is 1. The molecular formula is C25H35NO5. The van der Waals surface area contributed by atoms with Crippen LogP contribution in [0.3, 0.4) is 0 Å². The summed E-state index contributed by atoms with van der Waals surface area (Å²) in [4.78, 5) is 14.4. The molecule has 3 N–H and O–H groups in total. The highest BCUT2D eigenvalue weighted by Crippen LogP contribution is 2.67. The molecule has 1 aromatic rings. The molecular weight excluding hydrogens is 394 g/mol. The lowest BCUT2D eigenvalue weighted by Gasteiger charge is -2.64. The van der Waals surface area contributed by atoms with Gasteiger partial charge in [-0.2, -0.15) is 0 Å². The summed E-state index contributed by atoms with van der Waals surface area (Å²) in [5.41, 5.74) is 1.35. The van der Waals surface area contributed by atoms with Gasteiger partial charge in [-0.15, -0.1) is 0 Å². The van der Waals surface area contributed by atoms with Gasteiger partial charge in [0.1, 0.15) is 17.1 Å². The minimum atomic E-state index is -0.463. The number of rotatable bonds is 2. The Bertz CT molecular complexity index is 942. The maximum absolute atomic E-state index is 12.8. The number of carbonyl (C=O) groups is 1. The lowest BCUT2D eigenvalue weighted by atomic mass is 9.43. The van der Waals surface area contributed by atoms with Gasteiger partial charge in [0, 0.05) is 29.5 Å². The predicted octanol–water partition coefficient (Wildman–Crippen LogP) is 3.25. The molecule has 0 unspecified atom stereocenters. The number of aliphatic hydroxyl groups excluding tert-OH is 2. The maximum Gasteiger partial charge on any atom is 0.254 e. The standard InChI is InChI=1S/C25H35NO5/c1-14-5-6-19-23(2,3)20(29)7-8-24(19,4)25(14)12-16-18(28)11-15-17(21(16)31-25)13-26(9-10-27)22(15)30/h11,14,19-20,27-29H,5-10,12-13H2,1-4H3/t14-,19-,20-,24+,25-/m1/s1. The van der Waals surface area contributed by atoms with Crippen LogP contribution >= 0.6 is 0 Å². The number of β-amino-alcohol motifs (C(OH)–C–C–N with tert-alkyl or cyclic N) is 1. The molecule has 2 fully saturated rings. The third-order valence-electron chi connectivity index (χ3n) is 9.54. The second-order valence-electron chi connectivity index (χ2n) is 11.2. The summed E-state index contributed by atoms with van der Waals surface area (Å²) in [7, 11) is 0. The summed E-state index contributed by atoms with van der Waals surface area (Å²) in [6.45, 7) is 9.55. The first kappa shape index (κ1) is 21.1. The van der Waals surface area contributed by atoms with Crippen LogP contribution < -0.4 is 4.74 Å². The Labute approximate surface area is 184 Å². The summed E-state index contributed by atoms with van der Waals surface area (Å²) in [6.07, 6.45) is 4.04. The normalized spacial score (nSPS) is 38.1. The third-order valence-corrected chi connectivity index (χ3v) is 9.54. The van der Waals surface area contributed by atoms with E-state index in [2.05, 4.69) is 27.7 Å². The number of hydrogen-bond donors (Lipinski definition) is 3. The first-order valence-electron chi connectivity index (χ1n) is 11.7. The highest BCUT2D eigenvalue weighted by atomic mass is 16.5. The van der Waals surface area contributed by atoms with Crippen LogP contribution in [0, 0.1) is 22.7 Å². The minimum Gasteiger partial charge on any atom is -0.508 e. The van der Waals surface area contributed by atoms with Crippen molar-refractivity contribution in [2.24, 2.45) is 22.7 Å². The van der Waals surface area contributed by atoms with Crippen molar-refractivity contribution < 1.29 is 24.9 Å². The van der Waals surface area contributed by atoms with Gasteiger partial charge in [0.15, 0.2) is 0 Å². The molecule has 0 bridgehead atoms. The Morgan fingerprint density at radius 2 is 1.94 bits per heavy atom. The van der Waals surface area contributed by atoms with Crippen molar-refractivity contribution in [2.75, 3.05) is 13.2 Å². The predicted molar refractivity (Wildman–Crippen MR) is 116 cm³/mol. The molecule has 4 aliphatic rings. The van der Waals surface area contributed by atoms with Crippen LogP contribution in [-0.2, 0) is 13.0 Å². The van der Waals surface area contributed by atoms with E-state index in [9.17, 15) is 20.1 Å². The summed E-state index contributed by atoms with van der Waals surface area (Å²) >= 11 is 0. The quantitative estimate of drug-likeness (QED) is 0.671. The SMILES string of the molecule is C[C@@H]1CC[C@@H]2C(C)(C)[C@H](O)CC[C@]2(C)[C@@]12Cc1c(O)cc3c(c1O2)CN(CCO)C3=O. The van der Waals surface area contributed by atoms with E-state index in [0.717, 1.165) is 36.8 Å². The molecule has 6 nitrogen and oxygen atoms in total. The van der Waals surface area contributed by atoms with Crippen LogP contribution in [0.25, 0.3) is 0 Å². The highest BCUT2D eigenvalue weighted by molar-refractivity contribution is 6.00.